The Labute approximate surface area is 387 Å². The van der Waals surface area contributed by atoms with Gasteiger partial charge in [0.2, 0.25) is 0 Å². The largest absolute Gasteiger partial charge is 0.477 e. The van der Waals surface area contributed by atoms with E-state index in [-0.39, 0.29) is 36.2 Å². The van der Waals surface area contributed by atoms with E-state index < -0.39 is 18.1 Å². The highest BCUT2D eigenvalue weighted by atomic mass is 16.6. The van der Waals surface area contributed by atoms with Gasteiger partial charge in [0, 0.05) is 19.3 Å². The fourth-order valence-corrected chi connectivity index (χ4v) is 7.17. The van der Waals surface area contributed by atoms with Gasteiger partial charge in [0.05, 0.1) is 34.4 Å². The summed E-state index contributed by atoms with van der Waals surface area (Å²) in [6.07, 6.45) is 58.0. The standard InChI is InChI=1S/C55H95NO7/c1-6-8-10-12-14-16-18-20-22-24-25-26-27-28-29-30-32-34-36-38-40-42-44-46-54(58)63-51(49-61-48-47-52(55(59)60)56(3,4)5)50-62-53(57)45-43-41-39-37-35-33-31-23-21-19-17-15-13-11-9-7-2/h8,10,14,16,20,22-23,25-26,28-29,31,51-52H,6-7,9,11-13,15,17-19,21,24,27,30,32-50H2,1-5H3/p+1/b10-8+,16-14+,22-20+,26-25+,29-28+,31-23+. The van der Waals surface area contributed by atoms with Crippen LogP contribution in [0.25, 0.3) is 0 Å². The fourth-order valence-electron chi connectivity index (χ4n) is 7.17. The topological polar surface area (TPSA) is 99.1 Å². The molecule has 0 radical (unpaired) electrons. The van der Waals surface area contributed by atoms with Crippen LogP contribution < -0.4 is 0 Å². The molecule has 0 aromatic carbocycles. The van der Waals surface area contributed by atoms with Crippen molar-refractivity contribution in [3.05, 3.63) is 72.9 Å². The van der Waals surface area contributed by atoms with Crippen molar-refractivity contribution >= 4 is 17.9 Å². The average Bonchev–Trinajstić information content (AvgIpc) is 3.24. The highest BCUT2D eigenvalue weighted by Crippen LogP contribution is 2.14. The molecule has 0 aliphatic carbocycles. The molecule has 0 saturated carbocycles. The van der Waals surface area contributed by atoms with E-state index in [2.05, 4.69) is 86.8 Å². The lowest BCUT2D eigenvalue weighted by atomic mass is 10.1. The number of carbonyl (C=O) groups excluding carboxylic acids is 2. The number of nitrogens with zero attached hydrogens (tertiary/aromatic N) is 1. The lowest BCUT2D eigenvalue weighted by molar-refractivity contribution is -0.887. The molecule has 0 fully saturated rings. The number of quaternary nitrogens is 1. The number of esters is 2. The summed E-state index contributed by atoms with van der Waals surface area (Å²) in [5.41, 5.74) is 0. The molecule has 0 aliphatic heterocycles. The summed E-state index contributed by atoms with van der Waals surface area (Å²) in [6.45, 7) is 4.61. The van der Waals surface area contributed by atoms with E-state index in [4.69, 9.17) is 14.2 Å². The summed E-state index contributed by atoms with van der Waals surface area (Å²) in [6, 6.07) is -0.621. The monoisotopic (exact) mass is 883 g/mol. The molecular weight excluding hydrogens is 787 g/mol. The number of ether oxygens (including phenoxy) is 3. The molecule has 0 heterocycles. The van der Waals surface area contributed by atoms with Crippen LogP contribution in [0, 0.1) is 0 Å². The minimum absolute atomic E-state index is 0.0512. The van der Waals surface area contributed by atoms with E-state index in [1.807, 2.05) is 21.1 Å². The Balaban J connectivity index is 4.30. The van der Waals surface area contributed by atoms with Gasteiger partial charge in [0.15, 0.2) is 12.1 Å². The molecule has 2 atom stereocenters. The Bertz CT molecular complexity index is 1260. The third kappa shape index (κ3) is 43.8. The van der Waals surface area contributed by atoms with E-state index in [0.717, 1.165) is 96.3 Å². The number of likely N-dealkylation sites (N-methyl/N-ethyl adjacent to an activating group) is 1. The zero-order valence-electron chi connectivity index (χ0n) is 41.3. The second-order valence-electron chi connectivity index (χ2n) is 18.0. The molecule has 0 aromatic heterocycles. The summed E-state index contributed by atoms with van der Waals surface area (Å²) in [7, 11) is 5.52. The molecule has 0 aliphatic rings. The summed E-state index contributed by atoms with van der Waals surface area (Å²) in [4.78, 5) is 37.1. The van der Waals surface area contributed by atoms with Crippen LogP contribution in [0.4, 0.5) is 0 Å². The molecule has 0 saturated heterocycles. The first kappa shape index (κ1) is 59.8. The molecule has 0 rings (SSSR count). The maximum atomic E-state index is 12.8. The van der Waals surface area contributed by atoms with Crippen molar-refractivity contribution in [1.29, 1.82) is 0 Å². The van der Waals surface area contributed by atoms with Crippen LogP contribution in [-0.4, -0.2) is 80.6 Å². The first-order valence-corrected chi connectivity index (χ1v) is 25.5. The van der Waals surface area contributed by atoms with Gasteiger partial charge in [-0.3, -0.25) is 9.59 Å². The van der Waals surface area contributed by atoms with E-state index in [0.29, 0.717) is 19.3 Å². The zero-order valence-corrected chi connectivity index (χ0v) is 41.3. The molecular formula is C55H96NO7+. The van der Waals surface area contributed by atoms with Crippen molar-refractivity contribution in [2.24, 2.45) is 0 Å². The number of rotatable bonds is 45. The Hall–Kier alpha value is -3.23. The molecule has 0 spiro atoms. The predicted molar refractivity (Wildman–Crippen MR) is 266 cm³/mol. The number of allylic oxidation sites excluding steroid dienone is 12. The first-order valence-electron chi connectivity index (χ1n) is 25.5. The van der Waals surface area contributed by atoms with E-state index in [9.17, 15) is 19.5 Å². The maximum Gasteiger partial charge on any atom is 0.362 e. The lowest BCUT2D eigenvalue weighted by Gasteiger charge is -2.31. The Morgan fingerprint density at radius 3 is 1.33 bits per heavy atom. The summed E-state index contributed by atoms with van der Waals surface area (Å²) in [5, 5.41) is 9.65. The molecule has 2 unspecified atom stereocenters. The van der Waals surface area contributed by atoms with Crippen LogP contribution in [0.1, 0.15) is 206 Å². The van der Waals surface area contributed by atoms with Crippen molar-refractivity contribution < 1.29 is 38.2 Å². The number of hydrogen-bond acceptors (Lipinski definition) is 6. The van der Waals surface area contributed by atoms with Gasteiger partial charge in [-0.2, -0.15) is 0 Å². The van der Waals surface area contributed by atoms with E-state index in [1.54, 1.807) is 0 Å². The Kier molecular flexibility index (Phi) is 43.0. The smallest absolute Gasteiger partial charge is 0.362 e. The van der Waals surface area contributed by atoms with Crippen LogP contribution in [-0.2, 0) is 28.6 Å². The number of carboxylic acids is 1. The molecule has 1 N–H and O–H groups in total. The molecule has 0 bridgehead atoms. The zero-order chi connectivity index (χ0) is 46.3. The lowest BCUT2D eigenvalue weighted by Crippen LogP contribution is -2.50. The minimum Gasteiger partial charge on any atom is -0.477 e. The Morgan fingerprint density at radius 1 is 0.492 bits per heavy atom. The van der Waals surface area contributed by atoms with Crippen molar-refractivity contribution in [2.45, 2.75) is 219 Å². The van der Waals surface area contributed by atoms with Crippen LogP contribution in [0.15, 0.2) is 72.9 Å². The van der Waals surface area contributed by atoms with Crippen molar-refractivity contribution in [1.82, 2.24) is 0 Å². The van der Waals surface area contributed by atoms with Gasteiger partial charge >= 0.3 is 17.9 Å². The number of carbonyl (C=O) groups is 3. The normalized spacial score (nSPS) is 13.5. The van der Waals surface area contributed by atoms with E-state index in [1.165, 1.54) is 77.0 Å². The van der Waals surface area contributed by atoms with Crippen LogP contribution in [0.5, 0.6) is 0 Å². The molecule has 0 amide bonds. The number of unbranched alkanes of at least 4 members (excludes halogenated alkanes) is 19. The van der Waals surface area contributed by atoms with Crippen molar-refractivity contribution in [3.63, 3.8) is 0 Å². The second-order valence-corrected chi connectivity index (χ2v) is 18.0. The third-order valence-corrected chi connectivity index (χ3v) is 11.1. The maximum absolute atomic E-state index is 12.8. The number of aliphatic carboxylic acids is 1. The van der Waals surface area contributed by atoms with Crippen LogP contribution in [0.2, 0.25) is 0 Å². The minimum atomic E-state index is -0.879. The van der Waals surface area contributed by atoms with Crippen LogP contribution in [0.3, 0.4) is 0 Å². The second kappa shape index (κ2) is 45.3. The quantitative estimate of drug-likeness (QED) is 0.0281. The van der Waals surface area contributed by atoms with Gasteiger partial charge in [-0.1, -0.05) is 177 Å². The first-order chi connectivity index (χ1) is 30.6. The average molecular weight is 883 g/mol. The number of hydrogen-bond donors (Lipinski definition) is 1. The van der Waals surface area contributed by atoms with Gasteiger partial charge in [-0.15, -0.1) is 0 Å². The molecule has 8 nitrogen and oxygen atoms in total. The molecule has 63 heavy (non-hydrogen) atoms. The number of carboxylic acid groups (broad SMARTS) is 1. The molecule has 0 aromatic rings. The Morgan fingerprint density at radius 2 is 0.889 bits per heavy atom. The van der Waals surface area contributed by atoms with Gasteiger partial charge in [0.25, 0.3) is 0 Å². The highest BCUT2D eigenvalue weighted by Gasteiger charge is 2.31. The fraction of sp³-hybridized carbons (Fsp3) is 0.727. The van der Waals surface area contributed by atoms with Crippen molar-refractivity contribution in [2.75, 3.05) is 41.0 Å². The summed E-state index contributed by atoms with van der Waals surface area (Å²) < 4.78 is 17.3. The summed E-state index contributed by atoms with van der Waals surface area (Å²) >= 11 is 0. The van der Waals surface area contributed by atoms with Crippen molar-refractivity contribution in [3.8, 4) is 0 Å². The predicted octanol–water partition coefficient (Wildman–Crippen LogP) is 14.7. The van der Waals surface area contributed by atoms with Gasteiger partial charge < -0.3 is 23.8 Å². The molecule has 8 heteroatoms. The van der Waals surface area contributed by atoms with Gasteiger partial charge in [-0.05, 0) is 83.5 Å². The SMILES string of the molecule is CC/C=C/C/C=C/C/C=C/C/C=C/C/C=C/CCCCCCCCCC(=O)OC(COCCC(C(=O)O)[N+](C)(C)C)COC(=O)CCCCCCC/C=C/CCCCCCCCC. The molecule has 362 valence electrons. The van der Waals surface area contributed by atoms with Gasteiger partial charge in [0.1, 0.15) is 6.61 Å². The summed E-state index contributed by atoms with van der Waals surface area (Å²) in [5.74, 6) is -1.49. The van der Waals surface area contributed by atoms with Gasteiger partial charge in [-0.25, -0.2) is 4.79 Å². The van der Waals surface area contributed by atoms with Crippen LogP contribution >= 0.6 is 0 Å². The van der Waals surface area contributed by atoms with E-state index >= 15 is 0 Å². The highest BCUT2D eigenvalue weighted by molar-refractivity contribution is 5.72. The third-order valence-electron chi connectivity index (χ3n) is 11.1.